The van der Waals surface area contributed by atoms with E-state index in [1.165, 1.54) is 6.20 Å². The van der Waals surface area contributed by atoms with Crippen molar-refractivity contribution in [1.82, 2.24) is 25.2 Å². The third-order valence-electron chi connectivity index (χ3n) is 3.99. The average Bonchev–Trinajstić information content (AvgIpc) is 3.01. The molecule has 0 unspecified atom stereocenters. The Kier molecular flexibility index (Phi) is 5.40. The number of carbonyl (C=O) groups is 2. The lowest BCUT2D eigenvalue weighted by atomic mass is 10.2. The number of nitrogens with zero attached hydrogens (tertiary/aromatic N) is 5. The van der Waals surface area contributed by atoms with E-state index in [1.54, 1.807) is 35.6 Å². The lowest BCUT2D eigenvalue weighted by Crippen LogP contribution is -2.34. The highest BCUT2D eigenvalue weighted by Crippen LogP contribution is 2.17. The van der Waals surface area contributed by atoms with Crippen LogP contribution in [0.1, 0.15) is 29.8 Å². The molecule has 3 heterocycles. The highest BCUT2D eigenvalue weighted by molar-refractivity contribution is 5.93. The number of anilines is 1. The minimum absolute atomic E-state index is 0.0590. The third-order valence-corrected chi connectivity index (χ3v) is 3.99. The molecule has 26 heavy (non-hydrogen) atoms. The number of aromatic nitrogens is 3. The van der Waals surface area contributed by atoms with E-state index in [0.29, 0.717) is 37.1 Å². The van der Waals surface area contributed by atoms with Crippen molar-refractivity contribution in [2.45, 2.75) is 20.4 Å². The molecule has 0 aromatic carbocycles. The Morgan fingerprint density at radius 3 is 2.65 bits per heavy atom. The molecule has 1 aliphatic heterocycles. The summed E-state index contributed by atoms with van der Waals surface area (Å²) in [5.41, 5.74) is 1.26. The Morgan fingerprint density at radius 2 is 2.00 bits per heavy atom. The molecular formula is C18H22N6O2. The predicted octanol–water partition coefficient (Wildman–Crippen LogP) is 1.70. The Bertz CT molecular complexity index is 763. The normalized spacial score (nSPS) is 14.2. The van der Waals surface area contributed by atoms with Gasteiger partial charge in [0.1, 0.15) is 0 Å². The minimum atomic E-state index is -0.207. The van der Waals surface area contributed by atoms with Crippen LogP contribution in [0.3, 0.4) is 0 Å². The zero-order valence-electron chi connectivity index (χ0n) is 14.9. The largest absolute Gasteiger partial charge is 0.348 e. The number of carbonyl (C=O) groups excluding carboxylic acids is 2. The summed E-state index contributed by atoms with van der Waals surface area (Å²) in [5.74, 6) is 0.607. The van der Waals surface area contributed by atoms with E-state index in [9.17, 15) is 9.59 Å². The number of hydrogen-bond acceptors (Lipinski definition) is 5. The second kappa shape index (κ2) is 7.90. The Balaban J connectivity index is 1.57. The molecule has 1 aliphatic rings. The molecule has 0 atom stereocenters. The monoisotopic (exact) mass is 354 g/mol. The van der Waals surface area contributed by atoms with E-state index < -0.39 is 0 Å². The van der Waals surface area contributed by atoms with Gasteiger partial charge in [-0.25, -0.2) is 14.8 Å². The fourth-order valence-electron chi connectivity index (χ4n) is 2.74. The van der Waals surface area contributed by atoms with Crippen molar-refractivity contribution in [3.63, 3.8) is 0 Å². The number of rotatable bonds is 6. The molecule has 8 heteroatoms. The first-order valence-corrected chi connectivity index (χ1v) is 8.60. The van der Waals surface area contributed by atoms with Crippen LogP contribution in [0.4, 0.5) is 10.7 Å². The summed E-state index contributed by atoms with van der Waals surface area (Å²) < 4.78 is 0. The van der Waals surface area contributed by atoms with Crippen molar-refractivity contribution in [3.8, 4) is 0 Å². The number of nitrogens with one attached hydrogen (secondary N) is 1. The van der Waals surface area contributed by atoms with Crippen LogP contribution >= 0.6 is 0 Å². The fourth-order valence-corrected chi connectivity index (χ4v) is 2.74. The number of amides is 3. The molecule has 1 N–H and O–H groups in total. The van der Waals surface area contributed by atoms with Gasteiger partial charge in [0.2, 0.25) is 5.95 Å². The van der Waals surface area contributed by atoms with Crippen molar-refractivity contribution in [3.05, 3.63) is 48.0 Å². The summed E-state index contributed by atoms with van der Waals surface area (Å²) in [4.78, 5) is 40.3. The molecular weight excluding hydrogens is 332 g/mol. The lowest BCUT2D eigenvalue weighted by molar-refractivity contribution is 0.0950. The van der Waals surface area contributed by atoms with Crippen LogP contribution in [0.2, 0.25) is 0 Å². The van der Waals surface area contributed by atoms with E-state index in [-0.39, 0.29) is 11.9 Å². The van der Waals surface area contributed by atoms with E-state index in [4.69, 9.17) is 0 Å². The molecule has 3 rings (SSSR count). The first kappa shape index (κ1) is 17.8. The van der Waals surface area contributed by atoms with E-state index >= 15 is 0 Å². The zero-order valence-corrected chi connectivity index (χ0v) is 14.9. The Morgan fingerprint density at radius 1 is 1.23 bits per heavy atom. The van der Waals surface area contributed by atoms with Crippen LogP contribution in [0, 0.1) is 5.92 Å². The van der Waals surface area contributed by atoms with Crippen LogP contribution in [0.15, 0.2) is 36.9 Å². The van der Waals surface area contributed by atoms with Gasteiger partial charge in [-0.1, -0.05) is 13.8 Å². The summed E-state index contributed by atoms with van der Waals surface area (Å²) in [6, 6.07) is 3.35. The van der Waals surface area contributed by atoms with Gasteiger partial charge in [0, 0.05) is 56.5 Å². The molecule has 2 aromatic heterocycles. The highest BCUT2D eigenvalue weighted by Gasteiger charge is 2.31. The molecule has 0 spiro atoms. The van der Waals surface area contributed by atoms with Crippen LogP contribution < -0.4 is 10.2 Å². The van der Waals surface area contributed by atoms with Crippen LogP contribution in [0.5, 0.6) is 0 Å². The number of urea groups is 1. The number of hydrogen-bond donors (Lipinski definition) is 1. The molecule has 1 saturated heterocycles. The minimum Gasteiger partial charge on any atom is -0.348 e. The first-order chi connectivity index (χ1) is 12.5. The van der Waals surface area contributed by atoms with Crippen molar-refractivity contribution in [2.75, 3.05) is 24.5 Å². The van der Waals surface area contributed by atoms with Crippen LogP contribution in [-0.4, -0.2) is 51.4 Å². The molecule has 0 saturated carbocycles. The van der Waals surface area contributed by atoms with Gasteiger partial charge in [-0.05, 0) is 18.1 Å². The molecule has 136 valence electrons. The van der Waals surface area contributed by atoms with Gasteiger partial charge in [-0.15, -0.1) is 0 Å². The third kappa shape index (κ3) is 4.14. The number of pyridine rings is 1. The SMILES string of the molecule is CC(C)CN1CCN(c2ncc(CNC(=O)c3cccnc3)cn2)C1=O. The molecule has 0 aliphatic carbocycles. The second-order valence-electron chi connectivity index (χ2n) is 6.59. The molecule has 1 fully saturated rings. The quantitative estimate of drug-likeness (QED) is 0.852. The molecule has 2 aromatic rings. The zero-order chi connectivity index (χ0) is 18.5. The molecule has 0 bridgehead atoms. The van der Waals surface area contributed by atoms with E-state index in [1.807, 2.05) is 4.90 Å². The van der Waals surface area contributed by atoms with E-state index in [2.05, 4.69) is 34.1 Å². The summed E-state index contributed by atoms with van der Waals surface area (Å²) >= 11 is 0. The maximum absolute atomic E-state index is 12.4. The Hall–Kier alpha value is -3.03. The molecule has 3 amide bonds. The first-order valence-electron chi connectivity index (χ1n) is 8.60. The van der Waals surface area contributed by atoms with Gasteiger partial charge in [0.15, 0.2) is 0 Å². The van der Waals surface area contributed by atoms with Crippen molar-refractivity contribution < 1.29 is 9.59 Å². The second-order valence-corrected chi connectivity index (χ2v) is 6.59. The maximum atomic E-state index is 12.4. The van der Waals surface area contributed by atoms with Crippen LogP contribution in [-0.2, 0) is 6.54 Å². The van der Waals surface area contributed by atoms with Gasteiger partial charge >= 0.3 is 6.03 Å². The van der Waals surface area contributed by atoms with Gasteiger partial charge in [-0.3, -0.25) is 14.7 Å². The van der Waals surface area contributed by atoms with E-state index in [0.717, 1.165) is 12.1 Å². The van der Waals surface area contributed by atoms with Gasteiger partial charge in [0.05, 0.1) is 5.56 Å². The average molecular weight is 354 g/mol. The standard InChI is InChI=1S/C18H22N6O2/c1-13(2)12-23-6-7-24(18(23)26)17-21-9-14(10-22-17)8-20-16(25)15-4-3-5-19-11-15/h3-5,9-11,13H,6-8,12H2,1-2H3,(H,20,25). The summed E-state index contributed by atoms with van der Waals surface area (Å²) in [6.07, 6.45) is 6.39. The molecule has 8 nitrogen and oxygen atoms in total. The smallest absolute Gasteiger partial charge is 0.327 e. The van der Waals surface area contributed by atoms with Gasteiger partial charge in [-0.2, -0.15) is 0 Å². The van der Waals surface area contributed by atoms with Crippen LogP contribution in [0.25, 0.3) is 0 Å². The van der Waals surface area contributed by atoms with Gasteiger partial charge < -0.3 is 10.2 Å². The maximum Gasteiger partial charge on any atom is 0.327 e. The topological polar surface area (TPSA) is 91.3 Å². The summed E-state index contributed by atoms with van der Waals surface area (Å²) in [7, 11) is 0. The lowest BCUT2D eigenvalue weighted by Gasteiger charge is -2.19. The fraction of sp³-hybridized carbons (Fsp3) is 0.389. The van der Waals surface area contributed by atoms with Crippen molar-refractivity contribution in [2.24, 2.45) is 5.92 Å². The predicted molar refractivity (Wildman–Crippen MR) is 96.6 cm³/mol. The summed E-state index contributed by atoms with van der Waals surface area (Å²) in [6.45, 7) is 6.48. The highest BCUT2D eigenvalue weighted by atomic mass is 16.2. The van der Waals surface area contributed by atoms with Gasteiger partial charge in [0.25, 0.3) is 5.91 Å². The molecule has 0 radical (unpaired) electrons. The summed E-state index contributed by atoms with van der Waals surface area (Å²) in [5, 5.41) is 2.79. The Labute approximate surface area is 152 Å². The van der Waals surface area contributed by atoms with Crippen molar-refractivity contribution >= 4 is 17.9 Å². The van der Waals surface area contributed by atoms with Crippen molar-refractivity contribution in [1.29, 1.82) is 0 Å².